The van der Waals surface area contributed by atoms with Gasteiger partial charge in [0.05, 0.1) is 0 Å². The fraction of sp³-hybridized carbons (Fsp3) is 1.00. The van der Waals surface area contributed by atoms with Crippen LogP contribution >= 0.6 is 0 Å². The molecule has 0 fully saturated rings. The molecule has 0 saturated carbocycles. The van der Waals surface area contributed by atoms with E-state index in [0.717, 1.165) is 11.8 Å². The van der Waals surface area contributed by atoms with E-state index in [1.165, 1.54) is 6.42 Å². The summed E-state index contributed by atoms with van der Waals surface area (Å²) in [6.45, 7) is 9.36. The maximum atomic E-state index is 2.38. The quantitative estimate of drug-likeness (QED) is 0.540. The van der Waals surface area contributed by atoms with Crippen molar-refractivity contribution in [3.63, 3.8) is 0 Å². The number of rotatable bonds is 5. The summed E-state index contributed by atoms with van der Waals surface area (Å²) in [6.07, 6.45) is 1.38. The van der Waals surface area contributed by atoms with E-state index in [4.69, 9.17) is 0 Å². The van der Waals surface area contributed by atoms with Crippen LogP contribution in [0.1, 0.15) is 34.1 Å². The van der Waals surface area contributed by atoms with E-state index >= 15 is 0 Å². The molecule has 0 aliphatic rings. The van der Waals surface area contributed by atoms with Crippen molar-refractivity contribution in [3.8, 4) is 0 Å². The predicted molar refractivity (Wildman–Crippen MR) is 52.5 cm³/mol. The standard InChI is InChI=1S/C9H22Si/c1-5-9(4)7-10-6-8(2)3/h8-9H,5-7,10H2,1-4H3/t9-/m0/s1. The molecule has 0 radical (unpaired) electrons. The van der Waals surface area contributed by atoms with Crippen LogP contribution in [0.4, 0.5) is 0 Å². The summed E-state index contributed by atoms with van der Waals surface area (Å²) in [4.78, 5) is 0. The molecule has 0 unspecified atom stereocenters. The molecule has 0 heterocycles. The van der Waals surface area contributed by atoms with Crippen molar-refractivity contribution < 1.29 is 0 Å². The smallest absolute Gasteiger partial charge is 0.0203 e. The molecular weight excluding hydrogens is 136 g/mol. The molecule has 0 aliphatic carbocycles. The molecule has 10 heavy (non-hydrogen) atoms. The van der Waals surface area contributed by atoms with Crippen molar-refractivity contribution in [3.05, 3.63) is 0 Å². The molecule has 1 atom stereocenters. The molecular formula is C9H22Si. The van der Waals surface area contributed by atoms with E-state index in [-0.39, 0.29) is 0 Å². The average Bonchev–Trinajstić information content (AvgIpc) is 1.87. The molecule has 0 bridgehead atoms. The molecule has 0 spiro atoms. The van der Waals surface area contributed by atoms with E-state index in [0.29, 0.717) is 9.52 Å². The monoisotopic (exact) mass is 158 g/mol. The summed E-state index contributed by atoms with van der Waals surface area (Å²) in [7, 11) is 0.305. The van der Waals surface area contributed by atoms with Crippen molar-refractivity contribution in [2.45, 2.75) is 46.2 Å². The van der Waals surface area contributed by atoms with Crippen LogP contribution < -0.4 is 0 Å². The second kappa shape index (κ2) is 5.96. The highest BCUT2D eigenvalue weighted by atomic mass is 28.2. The first-order valence-corrected chi connectivity index (χ1v) is 6.66. The Hall–Kier alpha value is 0.217. The van der Waals surface area contributed by atoms with Crippen LogP contribution in [0, 0.1) is 11.8 Å². The minimum absolute atomic E-state index is 0.305. The summed E-state index contributed by atoms with van der Waals surface area (Å²) >= 11 is 0. The zero-order valence-electron chi connectivity index (χ0n) is 7.98. The lowest BCUT2D eigenvalue weighted by Crippen LogP contribution is -2.01. The van der Waals surface area contributed by atoms with E-state index in [1.54, 1.807) is 12.1 Å². The van der Waals surface area contributed by atoms with Crippen LogP contribution in [0.3, 0.4) is 0 Å². The van der Waals surface area contributed by atoms with Crippen LogP contribution in [0.15, 0.2) is 0 Å². The lowest BCUT2D eigenvalue weighted by molar-refractivity contribution is 0.617. The van der Waals surface area contributed by atoms with Gasteiger partial charge >= 0.3 is 0 Å². The molecule has 0 nitrogen and oxygen atoms in total. The van der Waals surface area contributed by atoms with E-state index in [2.05, 4.69) is 27.7 Å². The summed E-state index contributed by atoms with van der Waals surface area (Å²) in [6, 6.07) is 3.11. The second-order valence-corrected chi connectivity index (χ2v) is 5.70. The van der Waals surface area contributed by atoms with Crippen LogP contribution in [-0.2, 0) is 0 Å². The SMILES string of the molecule is CC[C@H](C)C[SiH2]CC(C)C. The van der Waals surface area contributed by atoms with E-state index in [1.807, 2.05) is 0 Å². The first-order valence-electron chi connectivity index (χ1n) is 4.66. The van der Waals surface area contributed by atoms with Crippen molar-refractivity contribution in [1.82, 2.24) is 0 Å². The van der Waals surface area contributed by atoms with Gasteiger partial charge in [0.1, 0.15) is 0 Å². The minimum atomic E-state index is 0.305. The summed E-state index contributed by atoms with van der Waals surface area (Å²) in [5, 5.41) is 0. The molecule has 0 N–H and O–H groups in total. The van der Waals surface area contributed by atoms with Gasteiger partial charge in [-0.3, -0.25) is 0 Å². The third-order valence-corrected chi connectivity index (χ3v) is 5.13. The summed E-state index contributed by atoms with van der Waals surface area (Å²) < 4.78 is 0. The fourth-order valence-electron chi connectivity index (χ4n) is 1.08. The Labute approximate surface area is 68.2 Å². The fourth-order valence-corrected chi connectivity index (χ4v) is 3.24. The molecule has 0 saturated heterocycles. The molecule has 1 heteroatoms. The van der Waals surface area contributed by atoms with E-state index in [9.17, 15) is 0 Å². The van der Waals surface area contributed by atoms with Gasteiger partial charge in [-0.05, 0) is 5.92 Å². The van der Waals surface area contributed by atoms with Gasteiger partial charge in [-0.25, -0.2) is 0 Å². The normalized spacial score (nSPS) is 15.3. The molecule has 0 rings (SSSR count). The van der Waals surface area contributed by atoms with Gasteiger partial charge in [0.2, 0.25) is 0 Å². The van der Waals surface area contributed by atoms with Gasteiger partial charge in [0.25, 0.3) is 0 Å². The molecule has 0 amide bonds. The third kappa shape index (κ3) is 6.34. The third-order valence-electron chi connectivity index (χ3n) is 2.18. The Morgan fingerprint density at radius 1 is 1.10 bits per heavy atom. The van der Waals surface area contributed by atoms with Crippen molar-refractivity contribution in [2.24, 2.45) is 11.8 Å². The zero-order chi connectivity index (χ0) is 7.98. The Bertz CT molecular complexity index is 69.1. The topological polar surface area (TPSA) is 0 Å². The van der Waals surface area contributed by atoms with Crippen LogP contribution in [0.2, 0.25) is 12.1 Å². The Balaban J connectivity index is 3.03. The Morgan fingerprint density at radius 3 is 2.10 bits per heavy atom. The Morgan fingerprint density at radius 2 is 1.70 bits per heavy atom. The van der Waals surface area contributed by atoms with Crippen molar-refractivity contribution in [2.75, 3.05) is 0 Å². The number of hydrogen-bond acceptors (Lipinski definition) is 0. The van der Waals surface area contributed by atoms with Gasteiger partial charge in [0, 0.05) is 9.52 Å². The molecule has 62 valence electrons. The molecule has 0 aromatic rings. The molecule has 0 aromatic carbocycles. The number of hydrogen-bond donors (Lipinski definition) is 0. The van der Waals surface area contributed by atoms with Gasteiger partial charge in [-0.15, -0.1) is 0 Å². The van der Waals surface area contributed by atoms with Crippen molar-refractivity contribution in [1.29, 1.82) is 0 Å². The highest BCUT2D eigenvalue weighted by Gasteiger charge is 1.99. The predicted octanol–water partition coefficient (Wildman–Crippen LogP) is 2.69. The lowest BCUT2D eigenvalue weighted by atomic mass is 10.2. The highest BCUT2D eigenvalue weighted by Crippen LogP contribution is 2.09. The van der Waals surface area contributed by atoms with Crippen LogP contribution in [0.5, 0.6) is 0 Å². The molecule has 0 aromatic heterocycles. The van der Waals surface area contributed by atoms with Crippen LogP contribution in [0.25, 0.3) is 0 Å². The first kappa shape index (κ1) is 10.2. The molecule has 0 aliphatic heterocycles. The first-order chi connectivity index (χ1) is 4.66. The largest absolute Gasteiger partial charge is 0.0651 e. The lowest BCUT2D eigenvalue weighted by Gasteiger charge is -2.08. The van der Waals surface area contributed by atoms with E-state index < -0.39 is 0 Å². The maximum absolute atomic E-state index is 2.38. The summed E-state index contributed by atoms with van der Waals surface area (Å²) in [5.74, 6) is 1.96. The summed E-state index contributed by atoms with van der Waals surface area (Å²) in [5.41, 5.74) is 0. The van der Waals surface area contributed by atoms with Gasteiger partial charge in [-0.1, -0.05) is 52.1 Å². The average molecular weight is 158 g/mol. The van der Waals surface area contributed by atoms with Crippen LogP contribution in [-0.4, -0.2) is 9.52 Å². The highest BCUT2D eigenvalue weighted by molar-refractivity contribution is 6.35. The van der Waals surface area contributed by atoms with Crippen molar-refractivity contribution >= 4 is 9.52 Å². The zero-order valence-corrected chi connectivity index (χ0v) is 9.40. The Kier molecular flexibility index (Phi) is 6.09. The maximum Gasteiger partial charge on any atom is 0.0203 e. The van der Waals surface area contributed by atoms with Gasteiger partial charge < -0.3 is 0 Å². The second-order valence-electron chi connectivity index (χ2n) is 3.84. The van der Waals surface area contributed by atoms with Gasteiger partial charge in [-0.2, -0.15) is 0 Å². The van der Waals surface area contributed by atoms with Gasteiger partial charge in [0.15, 0.2) is 0 Å². The minimum Gasteiger partial charge on any atom is -0.0651 e.